The van der Waals surface area contributed by atoms with Crippen LogP contribution in [-0.2, 0) is 10.0 Å². The summed E-state index contributed by atoms with van der Waals surface area (Å²) in [6.45, 7) is 5.29. The lowest BCUT2D eigenvalue weighted by Gasteiger charge is -2.24. The maximum absolute atomic E-state index is 13.8. The van der Waals surface area contributed by atoms with Gasteiger partial charge in [-0.1, -0.05) is 6.92 Å². The zero-order valence-corrected chi connectivity index (χ0v) is 12.8. The first kappa shape index (κ1) is 15.4. The molecule has 1 rings (SSSR count). The Bertz CT molecular complexity index is 558. The monoisotopic (exact) mass is 338 g/mol. The average molecular weight is 339 g/mol. The summed E-state index contributed by atoms with van der Waals surface area (Å²) < 4.78 is 40.5. The molecule has 7 heteroatoms. The SMILES string of the molecule is CCC(C)(C)NS(=O)(=O)c1cc(N)cc(Br)c1F. The first-order chi connectivity index (χ1) is 8.09. The molecule has 1 aromatic rings. The standard InChI is InChI=1S/C11H16BrFN2O2S/c1-4-11(2,3)15-18(16,17)9-6-7(14)5-8(12)10(9)13/h5-6,15H,4,14H2,1-3H3. The number of hydrogen-bond donors (Lipinski definition) is 2. The molecule has 0 unspecified atom stereocenters. The zero-order chi connectivity index (χ0) is 14.1. The quantitative estimate of drug-likeness (QED) is 0.829. The molecule has 0 radical (unpaired) electrons. The topological polar surface area (TPSA) is 72.2 Å². The van der Waals surface area contributed by atoms with Crippen LogP contribution in [0, 0.1) is 5.82 Å². The number of hydrogen-bond acceptors (Lipinski definition) is 3. The van der Waals surface area contributed by atoms with Gasteiger partial charge in [-0.3, -0.25) is 0 Å². The summed E-state index contributed by atoms with van der Waals surface area (Å²) in [6.07, 6.45) is 0.581. The van der Waals surface area contributed by atoms with E-state index in [0.717, 1.165) is 6.07 Å². The normalized spacial score (nSPS) is 12.7. The lowest BCUT2D eigenvalue weighted by molar-refractivity contribution is 0.437. The highest BCUT2D eigenvalue weighted by Gasteiger charge is 2.28. The van der Waals surface area contributed by atoms with Crippen LogP contribution >= 0.6 is 15.9 Å². The Morgan fingerprint density at radius 3 is 2.50 bits per heavy atom. The van der Waals surface area contributed by atoms with Crippen LogP contribution < -0.4 is 10.5 Å². The highest BCUT2D eigenvalue weighted by atomic mass is 79.9. The van der Waals surface area contributed by atoms with Crippen LogP contribution in [0.2, 0.25) is 0 Å². The molecule has 0 saturated heterocycles. The molecule has 0 aliphatic carbocycles. The molecular formula is C11H16BrFN2O2S. The van der Waals surface area contributed by atoms with E-state index in [0.29, 0.717) is 6.42 Å². The lowest BCUT2D eigenvalue weighted by atomic mass is 10.0. The largest absolute Gasteiger partial charge is 0.399 e. The van der Waals surface area contributed by atoms with E-state index in [2.05, 4.69) is 20.7 Å². The van der Waals surface area contributed by atoms with Gasteiger partial charge in [0, 0.05) is 11.2 Å². The van der Waals surface area contributed by atoms with Crippen LogP contribution in [-0.4, -0.2) is 14.0 Å². The molecule has 0 fully saturated rings. The van der Waals surface area contributed by atoms with E-state index in [9.17, 15) is 12.8 Å². The molecule has 0 aliphatic rings. The Hall–Kier alpha value is -0.660. The minimum atomic E-state index is -3.94. The van der Waals surface area contributed by atoms with Gasteiger partial charge in [-0.25, -0.2) is 17.5 Å². The van der Waals surface area contributed by atoms with Crippen LogP contribution in [0.4, 0.5) is 10.1 Å². The third kappa shape index (κ3) is 3.43. The number of nitrogens with two attached hydrogens (primary N) is 1. The van der Waals surface area contributed by atoms with Gasteiger partial charge in [0.25, 0.3) is 0 Å². The van der Waals surface area contributed by atoms with Gasteiger partial charge in [0.1, 0.15) is 4.90 Å². The predicted molar refractivity (Wildman–Crippen MR) is 73.2 cm³/mol. The summed E-state index contributed by atoms with van der Waals surface area (Å²) in [5.74, 6) is -0.844. The van der Waals surface area contributed by atoms with Crippen molar-refractivity contribution in [2.75, 3.05) is 5.73 Å². The second-order valence-corrected chi connectivity index (χ2v) is 7.16. The molecular weight excluding hydrogens is 323 g/mol. The van der Waals surface area contributed by atoms with E-state index in [1.54, 1.807) is 13.8 Å². The van der Waals surface area contributed by atoms with Gasteiger partial charge < -0.3 is 5.73 Å². The fourth-order valence-electron chi connectivity index (χ4n) is 1.27. The van der Waals surface area contributed by atoms with Crippen molar-refractivity contribution < 1.29 is 12.8 Å². The number of rotatable bonds is 4. The smallest absolute Gasteiger partial charge is 0.244 e. The molecule has 0 saturated carbocycles. The molecule has 0 aromatic heterocycles. The summed E-state index contributed by atoms with van der Waals surface area (Å²) in [6, 6.07) is 2.42. The van der Waals surface area contributed by atoms with Gasteiger partial charge in [0.2, 0.25) is 10.0 Å². The van der Waals surface area contributed by atoms with E-state index in [-0.39, 0.29) is 10.2 Å². The Morgan fingerprint density at radius 1 is 1.44 bits per heavy atom. The molecule has 0 amide bonds. The highest BCUT2D eigenvalue weighted by Crippen LogP contribution is 2.27. The number of anilines is 1. The number of nitrogen functional groups attached to an aromatic ring is 1. The van der Waals surface area contributed by atoms with E-state index >= 15 is 0 Å². The molecule has 4 nitrogen and oxygen atoms in total. The van der Waals surface area contributed by atoms with Crippen molar-refractivity contribution in [2.24, 2.45) is 0 Å². The minimum absolute atomic E-state index is 0.0252. The lowest BCUT2D eigenvalue weighted by Crippen LogP contribution is -2.42. The van der Waals surface area contributed by atoms with E-state index in [1.807, 2.05) is 6.92 Å². The van der Waals surface area contributed by atoms with Gasteiger partial charge in [0.05, 0.1) is 4.47 Å². The molecule has 0 aliphatic heterocycles. The second-order valence-electron chi connectivity index (χ2n) is 4.66. The fraction of sp³-hybridized carbons (Fsp3) is 0.455. The molecule has 0 atom stereocenters. The number of nitrogens with one attached hydrogen (secondary N) is 1. The van der Waals surface area contributed by atoms with E-state index < -0.39 is 26.3 Å². The molecule has 1 aromatic carbocycles. The van der Waals surface area contributed by atoms with Crippen molar-refractivity contribution >= 4 is 31.6 Å². The second kappa shape index (κ2) is 5.14. The van der Waals surface area contributed by atoms with Gasteiger partial charge in [0.15, 0.2) is 5.82 Å². The molecule has 18 heavy (non-hydrogen) atoms. The summed E-state index contributed by atoms with van der Waals surface area (Å²) in [7, 11) is -3.94. The van der Waals surface area contributed by atoms with Crippen LogP contribution in [0.1, 0.15) is 27.2 Å². The van der Waals surface area contributed by atoms with Crippen LogP contribution in [0.25, 0.3) is 0 Å². The predicted octanol–water partition coefficient (Wildman–Crippen LogP) is 2.64. The van der Waals surface area contributed by atoms with E-state index in [4.69, 9.17) is 5.73 Å². The number of halogens is 2. The number of sulfonamides is 1. The third-order valence-electron chi connectivity index (χ3n) is 2.60. The summed E-state index contributed by atoms with van der Waals surface area (Å²) in [5.41, 5.74) is 5.06. The Balaban J connectivity index is 3.30. The summed E-state index contributed by atoms with van der Waals surface area (Å²) in [5, 5.41) is 0. The van der Waals surface area contributed by atoms with Crippen LogP contribution in [0.3, 0.4) is 0 Å². The highest BCUT2D eigenvalue weighted by molar-refractivity contribution is 9.10. The molecule has 0 spiro atoms. The van der Waals surface area contributed by atoms with Crippen molar-refractivity contribution in [2.45, 2.75) is 37.6 Å². The average Bonchev–Trinajstić information content (AvgIpc) is 2.21. The van der Waals surface area contributed by atoms with Crippen molar-refractivity contribution in [1.82, 2.24) is 4.72 Å². The first-order valence-electron chi connectivity index (χ1n) is 5.37. The zero-order valence-electron chi connectivity index (χ0n) is 10.4. The maximum atomic E-state index is 13.8. The number of benzene rings is 1. The van der Waals surface area contributed by atoms with Gasteiger partial charge in [-0.2, -0.15) is 0 Å². The van der Waals surface area contributed by atoms with Crippen molar-refractivity contribution in [3.63, 3.8) is 0 Å². The molecule has 0 bridgehead atoms. The minimum Gasteiger partial charge on any atom is -0.399 e. The summed E-state index contributed by atoms with van der Waals surface area (Å²) in [4.78, 5) is -0.448. The summed E-state index contributed by atoms with van der Waals surface area (Å²) >= 11 is 2.94. The Kier molecular flexibility index (Phi) is 4.40. The molecule has 3 N–H and O–H groups in total. The maximum Gasteiger partial charge on any atom is 0.244 e. The van der Waals surface area contributed by atoms with Gasteiger partial charge in [-0.05, 0) is 48.3 Å². The van der Waals surface area contributed by atoms with Gasteiger partial charge >= 0.3 is 0 Å². The third-order valence-corrected chi connectivity index (χ3v) is 4.88. The molecule has 102 valence electrons. The first-order valence-corrected chi connectivity index (χ1v) is 7.65. The van der Waals surface area contributed by atoms with Crippen molar-refractivity contribution in [3.05, 3.63) is 22.4 Å². The fourth-order valence-corrected chi connectivity index (χ4v) is 3.50. The van der Waals surface area contributed by atoms with Gasteiger partial charge in [-0.15, -0.1) is 0 Å². The van der Waals surface area contributed by atoms with Crippen LogP contribution in [0.5, 0.6) is 0 Å². The Morgan fingerprint density at radius 2 is 2.00 bits per heavy atom. The Labute approximate surface area is 115 Å². The van der Waals surface area contributed by atoms with Crippen molar-refractivity contribution in [3.8, 4) is 0 Å². The molecule has 0 heterocycles. The van der Waals surface area contributed by atoms with Crippen LogP contribution in [0.15, 0.2) is 21.5 Å². The van der Waals surface area contributed by atoms with E-state index in [1.165, 1.54) is 6.07 Å². The van der Waals surface area contributed by atoms with Crippen molar-refractivity contribution in [1.29, 1.82) is 0 Å².